The number of amides is 1. The van der Waals surface area contributed by atoms with E-state index < -0.39 is 14.9 Å². The van der Waals surface area contributed by atoms with Crippen LogP contribution in [-0.2, 0) is 10.0 Å². The van der Waals surface area contributed by atoms with Crippen LogP contribution >= 0.6 is 11.3 Å². The van der Waals surface area contributed by atoms with E-state index in [1.807, 2.05) is 0 Å². The summed E-state index contributed by atoms with van der Waals surface area (Å²) in [5, 5.41) is 12.6. The van der Waals surface area contributed by atoms with Gasteiger partial charge in [-0.05, 0) is 43.3 Å². The number of hydrogen-bond acceptors (Lipinski definition) is 6. The molecule has 8 nitrogen and oxygen atoms in total. The predicted octanol–water partition coefficient (Wildman–Crippen LogP) is 2.55. The number of aryl methyl sites for hydroxylation is 1. The van der Waals surface area contributed by atoms with Crippen LogP contribution in [0.4, 0.5) is 5.69 Å². The summed E-state index contributed by atoms with van der Waals surface area (Å²) in [5.74, 6) is -0.201. The highest BCUT2D eigenvalue weighted by atomic mass is 32.2. The molecule has 27 heavy (non-hydrogen) atoms. The van der Waals surface area contributed by atoms with E-state index in [0.717, 1.165) is 11.3 Å². The number of likely N-dealkylation sites (tertiary alicyclic amines) is 1. The molecule has 3 rings (SSSR count). The number of sulfonamides is 1. The molecule has 1 aromatic carbocycles. The molecule has 1 fully saturated rings. The maximum absolute atomic E-state index is 12.6. The standard InChI is InChI=1S/C17H19N3O5S2/c1-12-11-13(4-5-15(12)20(22)23)17(21)19-8-6-14(7-9-19)18-27(24,25)16-3-2-10-26-16/h2-5,10-11,14,18H,6-9H2,1H3. The third-order valence-electron chi connectivity index (χ3n) is 4.50. The molecular formula is C17H19N3O5S2. The van der Waals surface area contributed by atoms with Crippen LogP contribution < -0.4 is 4.72 Å². The molecule has 0 spiro atoms. The first-order chi connectivity index (χ1) is 12.8. The Labute approximate surface area is 161 Å². The highest BCUT2D eigenvalue weighted by Crippen LogP contribution is 2.22. The maximum Gasteiger partial charge on any atom is 0.272 e. The van der Waals surface area contributed by atoms with E-state index in [2.05, 4.69) is 4.72 Å². The van der Waals surface area contributed by atoms with Crippen molar-refractivity contribution in [3.63, 3.8) is 0 Å². The van der Waals surface area contributed by atoms with Crippen LogP contribution in [0, 0.1) is 17.0 Å². The fourth-order valence-electron chi connectivity index (χ4n) is 3.07. The number of carbonyl (C=O) groups is 1. The average Bonchev–Trinajstić information content (AvgIpc) is 3.17. The summed E-state index contributed by atoms with van der Waals surface area (Å²) < 4.78 is 27.5. The summed E-state index contributed by atoms with van der Waals surface area (Å²) >= 11 is 1.16. The van der Waals surface area contributed by atoms with E-state index in [-0.39, 0.29) is 21.8 Å². The lowest BCUT2D eigenvalue weighted by Gasteiger charge is -2.32. The van der Waals surface area contributed by atoms with Crippen LogP contribution in [-0.4, -0.2) is 43.3 Å². The van der Waals surface area contributed by atoms with Gasteiger partial charge in [0, 0.05) is 36.3 Å². The molecule has 1 aliphatic rings. The summed E-state index contributed by atoms with van der Waals surface area (Å²) in [6.07, 6.45) is 1.03. The molecule has 1 aromatic heterocycles. The largest absolute Gasteiger partial charge is 0.339 e. The van der Waals surface area contributed by atoms with E-state index in [1.54, 1.807) is 29.3 Å². The number of thiophene rings is 1. The van der Waals surface area contributed by atoms with Crippen molar-refractivity contribution < 1.29 is 18.1 Å². The average molecular weight is 409 g/mol. The fraction of sp³-hybridized carbons (Fsp3) is 0.353. The number of rotatable bonds is 5. The van der Waals surface area contributed by atoms with Gasteiger partial charge < -0.3 is 4.90 Å². The maximum atomic E-state index is 12.6. The monoisotopic (exact) mass is 409 g/mol. The van der Waals surface area contributed by atoms with Crippen molar-refractivity contribution in [2.75, 3.05) is 13.1 Å². The highest BCUT2D eigenvalue weighted by molar-refractivity contribution is 7.91. The van der Waals surface area contributed by atoms with Crippen LogP contribution in [0.1, 0.15) is 28.8 Å². The smallest absolute Gasteiger partial charge is 0.272 e. The van der Waals surface area contributed by atoms with Crippen molar-refractivity contribution in [3.05, 3.63) is 57.0 Å². The van der Waals surface area contributed by atoms with Crippen molar-refractivity contribution in [1.29, 1.82) is 0 Å². The first-order valence-electron chi connectivity index (χ1n) is 8.38. The molecule has 1 saturated heterocycles. The first-order valence-corrected chi connectivity index (χ1v) is 10.7. The second kappa shape index (κ2) is 7.75. The van der Waals surface area contributed by atoms with Crippen molar-refractivity contribution >= 4 is 33.0 Å². The molecule has 10 heteroatoms. The minimum absolute atomic E-state index is 0.0201. The van der Waals surface area contributed by atoms with E-state index >= 15 is 0 Å². The number of benzene rings is 1. The number of nitro benzene ring substituents is 1. The minimum Gasteiger partial charge on any atom is -0.339 e. The lowest BCUT2D eigenvalue weighted by atomic mass is 10.0. The molecule has 0 atom stereocenters. The van der Waals surface area contributed by atoms with Gasteiger partial charge in [-0.3, -0.25) is 14.9 Å². The van der Waals surface area contributed by atoms with Gasteiger partial charge in [-0.25, -0.2) is 13.1 Å². The number of nitrogens with one attached hydrogen (secondary N) is 1. The summed E-state index contributed by atoms with van der Waals surface area (Å²) in [7, 11) is -3.52. The molecule has 2 heterocycles. The second-order valence-corrected chi connectivity index (χ2v) is 9.27. The normalized spacial score (nSPS) is 15.7. The molecule has 0 saturated carbocycles. The van der Waals surface area contributed by atoms with Crippen LogP contribution in [0.25, 0.3) is 0 Å². The molecule has 1 aliphatic heterocycles. The topological polar surface area (TPSA) is 110 Å². The van der Waals surface area contributed by atoms with Crippen LogP contribution in [0.15, 0.2) is 39.9 Å². The molecule has 0 radical (unpaired) electrons. The Hall–Kier alpha value is -2.30. The molecule has 1 amide bonds. The zero-order chi connectivity index (χ0) is 19.6. The third kappa shape index (κ3) is 4.34. The Morgan fingerprint density at radius 2 is 2.00 bits per heavy atom. The van der Waals surface area contributed by atoms with Crippen molar-refractivity contribution in [2.24, 2.45) is 0 Å². The van der Waals surface area contributed by atoms with E-state index in [4.69, 9.17) is 0 Å². The number of piperidine rings is 1. The van der Waals surface area contributed by atoms with Crippen molar-refractivity contribution in [1.82, 2.24) is 9.62 Å². The Morgan fingerprint density at radius 3 is 2.56 bits per heavy atom. The van der Waals surface area contributed by atoms with Crippen molar-refractivity contribution in [3.8, 4) is 0 Å². The zero-order valence-electron chi connectivity index (χ0n) is 14.6. The molecule has 0 unspecified atom stereocenters. The molecule has 2 aromatic rings. The summed E-state index contributed by atoms with van der Waals surface area (Å²) in [6.45, 7) is 2.44. The Balaban J connectivity index is 1.61. The lowest BCUT2D eigenvalue weighted by Crippen LogP contribution is -2.46. The van der Waals surface area contributed by atoms with Gasteiger partial charge in [0.2, 0.25) is 10.0 Å². The van der Waals surface area contributed by atoms with E-state index in [1.165, 1.54) is 18.2 Å². The SMILES string of the molecule is Cc1cc(C(=O)N2CCC(NS(=O)(=O)c3cccs3)CC2)ccc1[N+](=O)[O-]. The van der Waals surface area contributed by atoms with Crippen LogP contribution in [0.2, 0.25) is 0 Å². The van der Waals surface area contributed by atoms with Crippen LogP contribution in [0.3, 0.4) is 0 Å². The number of nitrogens with zero attached hydrogens (tertiary/aromatic N) is 2. The Kier molecular flexibility index (Phi) is 5.59. The first kappa shape index (κ1) is 19.5. The molecule has 0 aliphatic carbocycles. The lowest BCUT2D eigenvalue weighted by molar-refractivity contribution is -0.385. The minimum atomic E-state index is -3.52. The van der Waals surface area contributed by atoms with Crippen LogP contribution in [0.5, 0.6) is 0 Å². The quantitative estimate of drug-likeness (QED) is 0.603. The summed E-state index contributed by atoms with van der Waals surface area (Å²) in [6, 6.07) is 7.34. The molecular weight excluding hydrogens is 390 g/mol. The fourth-order valence-corrected chi connectivity index (χ4v) is 5.38. The molecule has 0 bridgehead atoms. The van der Waals surface area contributed by atoms with Crippen molar-refractivity contribution in [2.45, 2.75) is 30.0 Å². The van der Waals surface area contributed by atoms with Gasteiger partial charge in [-0.1, -0.05) is 6.07 Å². The third-order valence-corrected chi connectivity index (χ3v) is 7.42. The molecule has 144 valence electrons. The van der Waals surface area contributed by atoms with Gasteiger partial charge in [0.1, 0.15) is 4.21 Å². The number of hydrogen-bond donors (Lipinski definition) is 1. The highest BCUT2D eigenvalue weighted by Gasteiger charge is 2.28. The predicted molar refractivity (Wildman–Crippen MR) is 101 cm³/mol. The van der Waals surface area contributed by atoms with Gasteiger partial charge in [-0.15, -0.1) is 11.3 Å². The Morgan fingerprint density at radius 1 is 1.30 bits per heavy atom. The Bertz CT molecular complexity index is 949. The molecule has 1 N–H and O–H groups in total. The van der Waals surface area contributed by atoms with E-state index in [9.17, 15) is 23.3 Å². The second-order valence-electron chi connectivity index (χ2n) is 6.38. The van der Waals surface area contributed by atoms with Gasteiger partial charge in [-0.2, -0.15) is 0 Å². The van der Waals surface area contributed by atoms with Gasteiger partial charge in [0.25, 0.3) is 11.6 Å². The summed E-state index contributed by atoms with van der Waals surface area (Å²) in [4.78, 5) is 24.7. The zero-order valence-corrected chi connectivity index (χ0v) is 16.3. The number of carbonyl (C=O) groups excluding carboxylic acids is 1. The van der Waals surface area contributed by atoms with Gasteiger partial charge in [0.05, 0.1) is 4.92 Å². The summed E-state index contributed by atoms with van der Waals surface area (Å²) in [5.41, 5.74) is 0.813. The van der Waals surface area contributed by atoms with E-state index in [0.29, 0.717) is 37.1 Å². The van der Waals surface area contributed by atoms with Gasteiger partial charge in [0.15, 0.2) is 0 Å². The number of nitro groups is 1. The van der Waals surface area contributed by atoms with Gasteiger partial charge >= 0.3 is 0 Å².